The lowest BCUT2D eigenvalue weighted by atomic mass is 10.2. The van der Waals surface area contributed by atoms with Crippen LogP contribution in [-0.2, 0) is 13.2 Å². The van der Waals surface area contributed by atoms with Crippen molar-refractivity contribution in [2.24, 2.45) is 0 Å². The van der Waals surface area contributed by atoms with Crippen molar-refractivity contribution in [1.82, 2.24) is 5.32 Å². The van der Waals surface area contributed by atoms with Crippen molar-refractivity contribution < 1.29 is 18.7 Å². The van der Waals surface area contributed by atoms with Crippen LogP contribution in [0.2, 0.25) is 5.02 Å². The van der Waals surface area contributed by atoms with Crippen molar-refractivity contribution >= 4 is 17.5 Å². The summed E-state index contributed by atoms with van der Waals surface area (Å²) in [7, 11) is 1.54. The smallest absolute Gasteiger partial charge is 0.251 e. The molecule has 0 bridgehead atoms. The summed E-state index contributed by atoms with van der Waals surface area (Å²) in [6.07, 6.45) is 3.16. The van der Waals surface area contributed by atoms with Crippen LogP contribution in [0.15, 0.2) is 65.5 Å². The first-order chi connectivity index (χ1) is 12.7. The predicted octanol–water partition coefficient (Wildman–Crippen LogP) is 4.45. The van der Waals surface area contributed by atoms with Crippen LogP contribution >= 0.6 is 11.6 Å². The number of amides is 1. The number of hydrogen-bond donors (Lipinski definition) is 1. The minimum absolute atomic E-state index is 0.200. The Morgan fingerprint density at radius 1 is 1.08 bits per heavy atom. The number of halogens is 1. The van der Waals surface area contributed by atoms with Crippen molar-refractivity contribution in [3.8, 4) is 11.5 Å². The van der Waals surface area contributed by atoms with E-state index in [1.807, 2.05) is 24.3 Å². The normalized spacial score (nSPS) is 10.4. The third kappa shape index (κ3) is 4.58. The van der Waals surface area contributed by atoms with Gasteiger partial charge in [0.2, 0.25) is 0 Å². The zero-order valence-electron chi connectivity index (χ0n) is 14.2. The van der Waals surface area contributed by atoms with Crippen LogP contribution in [0.4, 0.5) is 0 Å². The maximum Gasteiger partial charge on any atom is 0.251 e. The van der Waals surface area contributed by atoms with Crippen LogP contribution in [0.3, 0.4) is 0 Å². The van der Waals surface area contributed by atoms with Crippen molar-refractivity contribution in [3.63, 3.8) is 0 Å². The number of hydrogen-bond acceptors (Lipinski definition) is 4. The number of carbonyl (C=O) groups excluding carboxylic acids is 1. The zero-order valence-corrected chi connectivity index (χ0v) is 15.0. The summed E-state index contributed by atoms with van der Waals surface area (Å²) in [6.45, 7) is 0.770. The van der Waals surface area contributed by atoms with Gasteiger partial charge in [-0.25, -0.2) is 0 Å². The molecule has 1 heterocycles. The highest BCUT2D eigenvalue weighted by molar-refractivity contribution is 6.30. The number of methoxy groups -OCH3 is 1. The van der Waals surface area contributed by atoms with Gasteiger partial charge in [-0.2, -0.15) is 0 Å². The molecule has 1 N–H and O–H groups in total. The molecule has 6 heteroatoms. The summed E-state index contributed by atoms with van der Waals surface area (Å²) in [5.41, 5.74) is 2.37. The number of furan rings is 1. The SMILES string of the molecule is COc1cc(C(=O)NCc2ccoc2)ccc1OCc1ccc(Cl)cc1. The zero-order chi connectivity index (χ0) is 18.4. The van der Waals surface area contributed by atoms with Gasteiger partial charge in [0.05, 0.1) is 19.6 Å². The Kier molecular flexibility index (Phi) is 5.81. The molecule has 0 fully saturated rings. The highest BCUT2D eigenvalue weighted by Crippen LogP contribution is 2.29. The molecule has 0 aliphatic carbocycles. The van der Waals surface area contributed by atoms with Gasteiger partial charge in [-0.15, -0.1) is 0 Å². The molecule has 0 unspecified atom stereocenters. The molecule has 5 nitrogen and oxygen atoms in total. The molecule has 0 aliphatic heterocycles. The lowest BCUT2D eigenvalue weighted by Crippen LogP contribution is -2.22. The van der Waals surface area contributed by atoms with Gasteiger partial charge in [0.25, 0.3) is 5.91 Å². The molecular weight excluding hydrogens is 354 g/mol. The monoisotopic (exact) mass is 371 g/mol. The number of benzene rings is 2. The first-order valence-corrected chi connectivity index (χ1v) is 8.38. The number of ether oxygens (including phenoxy) is 2. The van der Waals surface area contributed by atoms with Crippen molar-refractivity contribution in [2.45, 2.75) is 13.2 Å². The van der Waals surface area contributed by atoms with Crippen LogP contribution in [0, 0.1) is 0 Å². The van der Waals surface area contributed by atoms with Crippen molar-refractivity contribution in [1.29, 1.82) is 0 Å². The summed E-state index contributed by atoms with van der Waals surface area (Å²) in [4.78, 5) is 12.3. The van der Waals surface area contributed by atoms with E-state index in [0.717, 1.165) is 11.1 Å². The largest absolute Gasteiger partial charge is 0.493 e. The maximum atomic E-state index is 12.3. The molecule has 1 aromatic heterocycles. The van der Waals surface area contributed by atoms with Gasteiger partial charge in [0.1, 0.15) is 6.61 Å². The van der Waals surface area contributed by atoms with Crippen LogP contribution in [0.25, 0.3) is 0 Å². The fourth-order valence-electron chi connectivity index (χ4n) is 2.35. The molecule has 3 aromatic rings. The van der Waals surface area contributed by atoms with Gasteiger partial charge in [0, 0.05) is 22.7 Å². The van der Waals surface area contributed by atoms with Gasteiger partial charge in [-0.1, -0.05) is 23.7 Å². The molecule has 2 aromatic carbocycles. The second kappa shape index (κ2) is 8.45. The Hall–Kier alpha value is -2.92. The molecule has 0 saturated heterocycles. The number of carbonyl (C=O) groups is 1. The van der Waals surface area contributed by atoms with Crippen LogP contribution in [0.1, 0.15) is 21.5 Å². The van der Waals surface area contributed by atoms with E-state index in [-0.39, 0.29) is 5.91 Å². The highest BCUT2D eigenvalue weighted by atomic mass is 35.5. The van der Waals surface area contributed by atoms with Crippen LogP contribution in [-0.4, -0.2) is 13.0 Å². The molecule has 0 saturated carbocycles. The molecule has 134 valence electrons. The maximum absolute atomic E-state index is 12.3. The van der Waals surface area contributed by atoms with E-state index in [1.54, 1.807) is 36.8 Å². The van der Waals surface area contributed by atoms with Crippen LogP contribution in [0.5, 0.6) is 11.5 Å². The fourth-order valence-corrected chi connectivity index (χ4v) is 2.47. The Balaban J connectivity index is 1.64. The van der Waals surface area contributed by atoms with Crippen molar-refractivity contribution in [3.05, 3.63) is 82.8 Å². The standard InChI is InChI=1S/C20H18ClNO4/c1-24-19-10-16(20(23)22-11-15-8-9-25-12-15)4-7-18(19)26-13-14-2-5-17(21)6-3-14/h2-10,12H,11,13H2,1H3,(H,22,23). The van der Waals surface area contributed by atoms with E-state index in [9.17, 15) is 4.79 Å². The molecule has 0 aliphatic rings. The van der Waals surface area contributed by atoms with Gasteiger partial charge >= 0.3 is 0 Å². The van der Waals surface area contributed by atoms with Gasteiger partial charge in [-0.3, -0.25) is 4.79 Å². The molecule has 0 atom stereocenters. The lowest BCUT2D eigenvalue weighted by molar-refractivity contribution is 0.0950. The average molecular weight is 372 g/mol. The van der Waals surface area contributed by atoms with Crippen LogP contribution < -0.4 is 14.8 Å². The summed E-state index contributed by atoms with van der Waals surface area (Å²) < 4.78 is 16.1. The Bertz CT molecular complexity index is 860. The molecule has 0 radical (unpaired) electrons. The molecule has 0 spiro atoms. The van der Waals surface area contributed by atoms with E-state index >= 15 is 0 Å². The first kappa shape index (κ1) is 17.9. The van der Waals surface area contributed by atoms with Gasteiger partial charge < -0.3 is 19.2 Å². The van der Waals surface area contributed by atoms with E-state index in [4.69, 9.17) is 25.5 Å². The van der Waals surface area contributed by atoms with E-state index < -0.39 is 0 Å². The first-order valence-electron chi connectivity index (χ1n) is 8.00. The lowest BCUT2D eigenvalue weighted by Gasteiger charge is -2.12. The van der Waals surface area contributed by atoms with Gasteiger partial charge in [0.15, 0.2) is 11.5 Å². The summed E-state index contributed by atoms with van der Waals surface area (Å²) >= 11 is 5.88. The quantitative estimate of drug-likeness (QED) is 0.666. The van der Waals surface area contributed by atoms with Gasteiger partial charge in [-0.05, 0) is 42.0 Å². The van der Waals surface area contributed by atoms with E-state index in [0.29, 0.717) is 35.2 Å². The molecule has 26 heavy (non-hydrogen) atoms. The highest BCUT2D eigenvalue weighted by Gasteiger charge is 2.11. The topological polar surface area (TPSA) is 60.7 Å². The number of rotatable bonds is 7. The second-order valence-electron chi connectivity index (χ2n) is 5.60. The van der Waals surface area contributed by atoms with E-state index in [1.165, 1.54) is 7.11 Å². The molecule has 1 amide bonds. The Morgan fingerprint density at radius 3 is 2.58 bits per heavy atom. The average Bonchev–Trinajstić information content (AvgIpc) is 3.19. The number of nitrogens with one attached hydrogen (secondary N) is 1. The Morgan fingerprint density at radius 2 is 1.88 bits per heavy atom. The fraction of sp³-hybridized carbons (Fsp3) is 0.150. The molecule has 3 rings (SSSR count). The van der Waals surface area contributed by atoms with Crippen molar-refractivity contribution in [2.75, 3.05) is 7.11 Å². The van der Waals surface area contributed by atoms with E-state index in [2.05, 4.69) is 5.32 Å². The third-order valence-corrected chi connectivity index (χ3v) is 4.02. The summed E-state index contributed by atoms with van der Waals surface area (Å²) in [6, 6.07) is 14.3. The third-order valence-electron chi connectivity index (χ3n) is 3.77. The Labute approximate surface area is 156 Å². The summed E-state index contributed by atoms with van der Waals surface area (Å²) in [5.74, 6) is 0.859. The minimum Gasteiger partial charge on any atom is -0.493 e. The predicted molar refractivity (Wildman–Crippen MR) is 98.7 cm³/mol. The molecular formula is C20H18ClNO4. The second-order valence-corrected chi connectivity index (χ2v) is 6.03. The summed E-state index contributed by atoms with van der Waals surface area (Å²) in [5, 5.41) is 3.51. The minimum atomic E-state index is -0.200.